The van der Waals surface area contributed by atoms with Crippen LogP contribution in [0.3, 0.4) is 0 Å². The normalized spacial score (nSPS) is 11.1. The fourth-order valence-corrected chi connectivity index (χ4v) is 3.58. The van der Waals surface area contributed by atoms with Crippen molar-refractivity contribution >= 4 is 15.5 Å². The number of hydrogen-bond acceptors (Lipinski definition) is 4. The maximum Gasteiger partial charge on any atom is 0.184 e. The number of hydrogen-bond donors (Lipinski definition) is 1. The van der Waals surface area contributed by atoms with Gasteiger partial charge in [0.25, 0.3) is 0 Å². The van der Waals surface area contributed by atoms with Crippen LogP contribution in [0.5, 0.6) is 0 Å². The second kappa shape index (κ2) is 5.54. The van der Waals surface area contributed by atoms with Crippen LogP contribution in [-0.2, 0) is 15.6 Å². The summed E-state index contributed by atoms with van der Waals surface area (Å²) in [7, 11) is -3.76. The van der Waals surface area contributed by atoms with Gasteiger partial charge in [-0.3, -0.25) is 0 Å². The summed E-state index contributed by atoms with van der Waals surface area (Å²) in [6.45, 7) is 1.71. The van der Waals surface area contributed by atoms with Gasteiger partial charge in [-0.2, -0.15) is 5.26 Å². The highest BCUT2D eigenvalue weighted by molar-refractivity contribution is 7.90. The SMILES string of the molecule is Cc1cccc(S(=O)(=O)Cc2cc(F)ccc2C#N)c1N. The Kier molecular flexibility index (Phi) is 3.96. The molecule has 0 aliphatic carbocycles. The summed E-state index contributed by atoms with van der Waals surface area (Å²) in [5, 5.41) is 8.98. The molecule has 6 heteroatoms. The Balaban J connectivity index is 2.50. The third-order valence-corrected chi connectivity index (χ3v) is 4.87. The van der Waals surface area contributed by atoms with Crippen molar-refractivity contribution in [2.45, 2.75) is 17.6 Å². The van der Waals surface area contributed by atoms with Crippen LogP contribution in [0.2, 0.25) is 0 Å². The average molecular weight is 304 g/mol. The summed E-state index contributed by atoms with van der Waals surface area (Å²) in [4.78, 5) is -0.00403. The highest BCUT2D eigenvalue weighted by Crippen LogP contribution is 2.26. The molecule has 0 aliphatic heterocycles. The highest BCUT2D eigenvalue weighted by Gasteiger charge is 2.21. The van der Waals surface area contributed by atoms with Crippen molar-refractivity contribution in [3.63, 3.8) is 0 Å². The molecule has 0 heterocycles. The number of nitrogens with two attached hydrogens (primary N) is 1. The topological polar surface area (TPSA) is 84.0 Å². The Morgan fingerprint density at radius 2 is 2.00 bits per heavy atom. The molecule has 0 bridgehead atoms. The van der Waals surface area contributed by atoms with E-state index in [1.54, 1.807) is 19.1 Å². The molecule has 0 spiro atoms. The minimum absolute atomic E-state index is 0.00403. The van der Waals surface area contributed by atoms with E-state index in [1.807, 2.05) is 6.07 Å². The lowest BCUT2D eigenvalue weighted by Gasteiger charge is -2.10. The highest BCUT2D eigenvalue weighted by atomic mass is 32.2. The first-order valence-corrected chi connectivity index (χ1v) is 7.77. The van der Waals surface area contributed by atoms with Crippen LogP contribution in [0, 0.1) is 24.1 Å². The predicted octanol–water partition coefficient (Wildman–Crippen LogP) is 2.56. The second-order valence-electron chi connectivity index (χ2n) is 4.66. The van der Waals surface area contributed by atoms with Crippen molar-refractivity contribution in [3.05, 3.63) is 58.9 Å². The molecule has 4 nitrogen and oxygen atoms in total. The molecule has 108 valence electrons. The van der Waals surface area contributed by atoms with E-state index in [1.165, 1.54) is 12.1 Å². The number of halogens is 1. The zero-order valence-corrected chi connectivity index (χ0v) is 12.1. The summed E-state index contributed by atoms with van der Waals surface area (Å²) in [6.07, 6.45) is 0. The van der Waals surface area contributed by atoms with Crippen molar-refractivity contribution < 1.29 is 12.8 Å². The van der Waals surface area contributed by atoms with Crippen LogP contribution in [0.4, 0.5) is 10.1 Å². The summed E-state index contributed by atoms with van der Waals surface area (Å²) in [5.74, 6) is -1.06. The van der Waals surface area contributed by atoms with Crippen LogP contribution in [0.15, 0.2) is 41.3 Å². The molecule has 0 amide bonds. The third kappa shape index (κ3) is 3.03. The Hall–Kier alpha value is -2.39. The zero-order chi connectivity index (χ0) is 15.6. The lowest BCUT2D eigenvalue weighted by Crippen LogP contribution is -2.10. The molecule has 0 radical (unpaired) electrons. The molecule has 0 fully saturated rings. The van der Waals surface area contributed by atoms with E-state index in [4.69, 9.17) is 11.0 Å². The van der Waals surface area contributed by atoms with Crippen LogP contribution >= 0.6 is 0 Å². The van der Waals surface area contributed by atoms with Crippen molar-refractivity contribution in [3.8, 4) is 6.07 Å². The van der Waals surface area contributed by atoms with Gasteiger partial charge in [-0.25, -0.2) is 12.8 Å². The first-order chi connectivity index (χ1) is 9.85. The molecular formula is C15H13FN2O2S. The molecule has 0 aliphatic rings. The first kappa shape index (κ1) is 15.0. The Morgan fingerprint density at radius 1 is 1.29 bits per heavy atom. The molecule has 21 heavy (non-hydrogen) atoms. The van der Waals surface area contributed by atoms with Gasteiger partial charge in [0.05, 0.1) is 28.0 Å². The van der Waals surface area contributed by atoms with Crippen molar-refractivity contribution in [2.24, 2.45) is 0 Å². The van der Waals surface area contributed by atoms with Crippen molar-refractivity contribution in [1.82, 2.24) is 0 Å². The van der Waals surface area contributed by atoms with E-state index >= 15 is 0 Å². The summed E-state index contributed by atoms with van der Waals surface area (Å²) in [6, 6.07) is 10.0. The van der Waals surface area contributed by atoms with Gasteiger partial charge in [-0.15, -0.1) is 0 Å². The maximum atomic E-state index is 13.3. The standard InChI is InChI=1S/C15H13FN2O2S/c1-10-3-2-4-14(15(10)18)21(19,20)9-12-7-13(16)6-5-11(12)8-17/h2-7H,9,18H2,1H3. The summed E-state index contributed by atoms with van der Waals surface area (Å²) >= 11 is 0. The van der Waals surface area contributed by atoms with E-state index in [0.717, 1.165) is 12.1 Å². The second-order valence-corrected chi connectivity index (χ2v) is 6.62. The molecule has 0 aromatic heterocycles. The number of nitriles is 1. The van der Waals surface area contributed by atoms with Gasteiger partial charge >= 0.3 is 0 Å². The summed E-state index contributed by atoms with van der Waals surface area (Å²) in [5.41, 5.74) is 6.88. The van der Waals surface area contributed by atoms with Crippen molar-refractivity contribution in [2.75, 3.05) is 5.73 Å². The van der Waals surface area contributed by atoms with Gasteiger partial charge < -0.3 is 5.73 Å². The van der Waals surface area contributed by atoms with Gasteiger partial charge in [-0.1, -0.05) is 12.1 Å². The fraction of sp³-hybridized carbons (Fsp3) is 0.133. The molecule has 0 saturated carbocycles. The lowest BCUT2D eigenvalue weighted by molar-refractivity contribution is 0.595. The van der Waals surface area contributed by atoms with Gasteiger partial charge in [0.1, 0.15) is 5.82 Å². The van der Waals surface area contributed by atoms with Crippen LogP contribution < -0.4 is 5.73 Å². The predicted molar refractivity (Wildman–Crippen MR) is 77.6 cm³/mol. The van der Waals surface area contributed by atoms with E-state index in [2.05, 4.69) is 0 Å². The van der Waals surface area contributed by atoms with Gasteiger partial charge in [-0.05, 0) is 42.3 Å². The molecule has 0 unspecified atom stereocenters. The molecule has 2 N–H and O–H groups in total. The average Bonchev–Trinajstić information content (AvgIpc) is 2.41. The van der Waals surface area contributed by atoms with Crippen LogP contribution in [0.1, 0.15) is 16.7 Å². The Bertz CT molecular complexity index is 839. The van der Waals surface area contributed by atoms with Crippen LogP contribution in [-0.4, -0.2) is 8.42 Å². The lowest BCUT2D eigenvalue weighted by atomic mass is 10.1. The van der Waals surface area contributed by atoms with E-state index in [0.29, 0.717) is 5.56 Å². The monoisotopic (exact) mass is 304 g/mol. The van der Waals surface area contributed by atoms with Gasteiger partial charge in [0.2, 0.25) is 0 Å². The fourth-order valence-electron chi connectivity index (χ4n) is 2.00. The number of sulfone groups is 1. The zero-order valence-electron chi connectivity index (χ0n) is 11.3. The number of nitrogens with zero attached hydrogens (tertiary/aromatic N) is 1. The number of benzene rings is 2. The Labute approximate surface area is 122 Å². The van der Waals surface area contributed by atoms with E-state index in [9.17, 15) is 12.8 Å². The molecule has 0 atom stereocenters. The van der Waals surface area contributed by atoms with E-state index < -0.39 is 21.4 Å². The third-order valence-electron chi connectivity index (χ3n) is 3.15. The number of nitrogen functional groups attached to an aromatic ring is 1. The van der Waals surface area contributed by atoms with Gasteiger partial charge in [0.15, 0.2) is 9.84 Å². The number of rotatable bonds is 3. The number of anilines is 1. The number of para-hydroxylation sites is 1. The number of aryl methyl sites for hydroxylation is 1. The summed E-state index contributed by atoms with van der Waals surface area (Å²) < 4.78 is 38.2. The first-order valence-electron chi connectivity index (χ1n) is 6.11. The van der Waals surface area contributed by atoms with Crippen LogP contribution in [0.25, 0.3) is 0 Å². The molecule has 2 aromatic rings. The molecule has 0 saturated heterocycles. The largest absolute Gasteiger partial charge is 0.397 e. The molecule has 2 rings (SSSR count). The van der Waals surface area contributed by atoms with Gasteiger partial charge in [0, 0.05) is 0 Å². The van der Waals surface area contributed by atoms with E-state index in [-0.39, 0.29) is 21.7 Å². The molecule has 2 aromatic carbocycles. The Morgan fingerprint density at radius 3 is 2.67 bits per heavy atom. The minimum Gasteiger partial charge on any atom is -0.397 e. The maximum absolute atomic E-state index is 13.3. The minimum atomic E-state index is -3.76. The molecular weight excluding hydrogens is 291 g/mol. The quantitative estimate of drug-likeness (QED) is 0.883. The smallest absolute Gasteiger partial charge is 0.184 e. The van der Waals surface area contributed by atoms with Crippen molar-refractivity contribution in [1.29, 1.82) is 5.26 Å².